The molecule has 1 fully saturated rings. The normalized spacial score (nSPS) is 17.2. The van der Waals surface area contributed by atoms with E-state index in [0.29, 0.717) is 13.2 Å². The van der Waals surface area contributed by atoms with Gasteiger partial charge >= 0.3 is 0 Å². The molecule has 0 aromatic heterocycles. The molecule has 0 aliphatic heterocycles. The van der Waals surface area contributed by atoms with Gasteiger partial charge in [0.1, 0.15) is 5.75 Å². The Kier molecular flexibility index (Phi) is 4.61. The van der Waals surface area contributed by atoms with Gasteiger partial charge in [-0.15, -0.1) is 0 Å². The van der Waals surface area contributed by atoms with Crippen LogP contribution in [0.1, 0.15) is 31.7 Å². The Morgan fingerprint density at radius 2 is 2.00 bits per heavy atom. The van der Waals surface area contributed by atoms with Crippen molar-refractivity contribution in [2.24, 2.45) is 5.41 Å². The molecule has 0 bridgehead atoms. The van der Waals surface area contributed by atoms with E-state index in [-0.39, 0.29) is 5.41 Å². The third-order valence-electron chi connectivity index (χ3n) is 3.81. The standard InChI is InChI=1S/C15H23NO2/c1-2-18-14-6-4-13(5-7-14)10-16-11-15(12-17)8-3-9-15/h4-7,16-17H,2-3,8-12H2,1H3. The minimum Gasteiger partial charge on any atom is -0.494 e. The fourth-order valence-corrected chi connectivity index (χ4v) is 2.41. The number of nitrogens with one attached hydrogen (secondary N) is 1. The predicted octanol–water partition coefficient (Wildman–Crippen LogP) is 2.34. The van der Waals surface area contributed by atoms with E-state index in [4.69, 9.17) is 4.74 Å². The summed E-state index contributed by atoms with van der Waals surface area (Å²) in [6.07, 6.45) is 3.56. The Morgan fingerprint density at radius 1 is 1.28 bits per heavy atom. The van der Waals surface area contributed by atoms with Crippen LogP contribution >= 0.6 is 0 Å². The van der Waals surface area contributed by atoms with E-state index in [1.807, 2.05) is 19.1 Å². The molecule has 3 heteroatoms. The van der Waals surface area contributed by atoms with Crippen molar-refractivity contribution in [3.8, 4) is 5.75 Å². The van der Waals surface area contributed by atoms with Crippen LogP contribution in [0.3, 0.4) is 0 Å². The van der Waals surface area contributed by atoms with Gasteiger partial charge in [-0.25, -0.2) is 0 Å². The van der Waals surface area contributed by atoms with Crippen molar-refractivity contribution in [2.75, 3.05) is 19.8 Å². The predicted molar refractivity (Wildman–Crippen MR) is 72.7 cm³/mol. The minimum absolute atomic E-state index is 0.158. The van der Waals surface area contributed by atoms with Gasteiger partial charge in [-0.2, -0.15) is 0 Å². The Bertz CT molecular complexity index is 352. The lowest BCUT2D eigenvalue weighted by Crippen LogP contribution is -2.42. The van der Waals surface area contributed by atoms with Crippen molar-refractivity contribution in [1.29, 1.82) is 0 Å². The number of aliphatic hydroxyl groups excluding tert-OH is 1. The molecule has 0 atom stereocenters. The molecule has 1 aliphatic rings. The van der Waals surface area contributed by atoms with Crippen molar-refractivity contribution < 1.29 is 9.84 Å². The van der Waals surface area contributed by atoms with Crippen LogP contribution in [-0.4, -0.2) is 24.9 Å². The van der Waals surface area contributed by atoms with Crippen LogP contribution in [0.25, 0.3) is 0 Å². The van der Waals surface area contributed by atoms with Gasteiger partial charge in [-0.05, 0) is 37.5 Å². The Hall–Kier alpha value is -1.06. The molecule has 0 saturated heterocycles. The zero-order valence-corrected chi connectivity index (χ0v) is 11.1. The summed E-state index contributed by atoms with van der Waals surface area (Å²) in [4.78, 5) is 0. The summed E-state index contributed by atoms with van der Waals surface area (Å²) in [5.41, 5.74) is 1.41. The van der Waals surface area contributed by atoms with Gasteiger partial charge in [0.05, 0.1) is 6.61 Å². The molecule has 1 aromatic rings. The van der Waals surface area contributed by atoms with Gasteiger partial charge < -0.3 is 15.2 Å². The third-order valence-corrected chi connectivity index (χ3v) is 3.81. The van der Waals surface area contributed by atoms with Crippen LogP contribution in [0.4, 0.5) is 0 Å². The smallest absolute Gasteiger partial charge is 0.119 e. The second-order valence-corrected chi connectivity index (χ2v) is 5.19. The first kappa shape index (κ1) is 13.4. The number of hydrogen-bond acceptors (Lipinski definition) is 3. The molecule has 1 saturated carbocycles. The lowest BCUT2D eigenvalue weighted by atomic mass is 9.69. The zero-order chi connectivity index (χ0) is 12.8. The molecule has 3 nitrogen and oxygen atoms in total. The van der Waals surface area contributed by atoms with E-state index >= 15 is 0 Å². The van der Waals surface area contributed by atoms with Gasteiger partial charge in [0.25, 0.3) is 0 Å². The second-order valence-electron chi connectivity index (χ2n) is 5.19. The lowest BCUT2D eigenvalue weighted by Gasteiger charge is -2.40. The van der Waals surface area contributed by atoms with Crippen molar-refractivity contribution in [3.63, 3.8) is 0 Å². The summed E-state index contributed by atoms with van der Waals surface area (Å²) in [5.74, 6) is 0.923. The molecule has 2 rings (SSSR count). The largest absolute Gasteiger partial charge is 0.494 e. The summed E-state index contributed by atoms with van der Waals surface area (Å²) in [6.45, 7) is 4.77. The molecule has 0 heterocycles. The Balaban J connectivity index is 1.76. The highest BCUT2D eigenvalue weighted by Crippen LogP contribution is 2.39. The fraction of sp³-hybridized carbons (Fsp3) is 0.600. The summed E-state index contributed by atoms with van der Waals surface area (Å²) < 4.78 is 5.41. The van der Waals surface area contributed by atoms with Crippen LogP contribution in [0.15, 0.2) is 24.3 Å². The molecule has 1 aliphatic carbocycles. The van der Waals surface area contributed by atoms with Gasteiger partial charge in [-0.3, -0.25) is 0 Å². The van der Waals surface area contributed by atoms with Gasteiger partial charge in [-0.1, -0.05) is 18.6 Å². The first-order valence-electron chi connectivity index (χ1n) is 6.81. The lowest BCUT2D eigenvalue weighted by molar-refractivity contribution is 0.0445. The molecule has 0 amide bonds. The molecule has 18 heavy (non-hydrogen) atoms. The van der Waals surface area contributed by atoms with E-state index in [1.165, 1.54) is 12.0 Å². The Labute approximate surface area is 109 Å². The van der Waals surface area contributed by atoms with E-state index in [1.54, 1.807) is 0 Å². The summed E-state index contributed by atoms with van der Waals surface area (Å²) in [6, 6.07) is 8.19. The summed E-state index contributed by atoms with van der Waals surface area (Å²) in [5, 5.41) is 12.8. The van der Waals surface area contributed by atoms with Crippen LogP contribution in [0.2, 0.25) is 0 Å². The van der Waals surface area contributed by atoms with E-state index in [2.05, 4.69) is 17.4 Å². The maximum Gasteiger partial charge on any atom is 0.119 e. The third kappa shape index (κ3) is 3.24. The topological polar surface area (TPSA) is 41.5 Å². The maximum absolute atomic E-state index is 9.37. The van der Waals surface area contributed by atoms with Crippen LogP contribution in [0.5, 0.6) is 5.75 Å². The van der Waals surface area contributed by atoms with Crippen LogP contribution < -0.4 is 10.1 Å². The van der Waals surface area contributed by atoms with E-state index < -0.39 is 0 Å². The van der Waals surface area contributed by atoms with Crippen molar-refractivity contribution in [2.45, 2.75) is 32.7 Å². The fourth-order valence-electron chi connectivity index (χ4n) is 2.41. The zero-order valence-electron chi connectivity index (χ0n) is 11.1. The van der Waals surface area contributed by atoms with E-state index in [9.17, 15) is 5.11 Å². The number of aliphatic hydroxyl groups is 1. The maximum atomic E-state index is 9.37. The molecule has 1 aromatic carbocycles. The Morgan fingerprint density at radius 3 is 2.50 bits per heavy atom. The first-order valence-corrected chi connectivity index (χ1v) is 6.81. The summed E-state index contributed by atoms with van der Waals surface area (Å²) >= 11 is 0. The molecule has 0 radical (unpaired) electrons. The highest BCUT2D eigenvalue weighted by Gasteiger charge is 2.35. The van der Waals surface area contributed by atoms with Gasteiger partial charge in [0.15, 0.2) is 0 Å². The SMILES string of the molecule is CCOc1ccc(CNCC2(CO)CCC2)cc1. The quantitative estimate of drug-likeness (QED) is 0.779. The van der Waals surface area contributed by atoms with Crippen molar-refractivity contribution >= 4 is 0 Å². The monoisotopic (exact) mass is 249 g/mol. The van der Waals surface area contributed by atoms with Gasteiger partial charge in [0.2, 0.25) is 0 Å². The number of hydrogen-bond donors (Lipinski definition) is 2. The van der Waals surface area contributed by atoms with E-state index in [0.717, 1.165) is 31.7 Å². The molecule has 0 unspecified atom stereocenters. The molecule has 2 N–H and O–H groups in total. The van der Waals surface area contributed by atoms with Gasteiger partial charge in [0, 0.05) is 25.1 Å². The average Bonchev–Trinajstić information content (AvgIpc) is 2.35. The molecule has 100 valence electrons. The molecular weight excluding hydrogens is 226 g/mol. The number of benzene rings is 1. The number of rotatable bonds is 7. The molecular formula is C15H23NO2. The van der Waals surface area contributed by atoms with Crippen LogP contribution in [0, 0.1) is 5.41 Å². The van der Waals surface area contributed by atoms with Crippen molar-refractivity contribution in [3.05, 3.63) is 29.8 Å². The average molecular weight is 249 g/mol. The first-order chi connectivity index (χ1) is 8.78. The van der Waals surface area contributed by atoms with Crippen LogP contribution in [-0.2, 0) is 6.54 Å². The molecule has 0 spiro atoms. The summed E-state index contributed by atoms with van der Waals surface area (Å²) in [7, 11) is 0. The highest BCUT2D eigenvalue weighted by molar-refractivity contribution is 5.27. The minimum atomic E-state index is 0.158. The highest BCUT2D eigenvalue weighted by atomic mass is 16.5. The number of ether oxygens (including phenoxy) is 1. The second kappa shape index (κ2) is 6.21. The van der Waals surface area contributed by atoms with Crippen molar-refractivity contribution in [1.82, 2.24) is 5.32 Å².